The average Bonchev–Trinajstić information content (AvgIpc) is 2.29. The summed E-state index contributed by atoms with van der Waals surface area (Å²) in [5.41, 5.74) is 6.15. The van der Waals surface area contributed by atoms with E-state index >= 15 is 0 Å². The van der Waals surface area contributed by atoms with E-state index in [9.17, 15) is 0 Å². The topological polar surface area (TPSA) is 35.2 Å². The van der Waals surface area contributed by atoms with Gasteiger partial charge in [-0.05, 0) is 31.0 Å². The second-order valence-electron chi connectivity index (χ2n) is 4.85. The molecule has 0 bridgehead atoms. The molecule has 0 aromatic rings. The van der Waals surface area contributed by atoms with Crippen molar-refractivity contribution in [2.75, 3.05) is 0 Å². The Hall–Kier alpha value is 0.137. The zero-order chi connectivity index (χ0) is 11.3. The lowest BCUT2D eigenvalue weighted by Crippen LogP contribution is -2.48. The van der Waals surface area contributed by atoms with Crippen LogP contribution in [-0.4, -0.2) is 20.5 Å². The summed E-state index contributed by atoms with van der Waals surface area (Å²) in [4.78, 5) is 0. The standard InChI is InChI=1S/C12H27NOSi/c1-4-15(5-2,6-3)14-12-10-8-7-9-11(12)13/h11-12H,4-10,13H2,1-3H3/t11-,12-/m0/s1. The lowest BCUT2D eigenvalue weighted by Gasteiger charge is -2.38. The van der Waals surface area contributed by atoms with Gasteiger partial charge >= 0.3 is 0 Å². The summed E-state index contributed by atoms with van der Waals surface area (Å²) in [7, 11) is -1.43. The number of nitrogens with two attached hydrogens (primary N) is 1. The molecule has 1 rings (SSSR count). The highest BCUT2D eigenvalue weighted by Gasteiger charge is 2.34. The summed E-state index contributed by atoms with van der Waals surface area (Å²) in [6, 6.07) is 4.02. The first-order valence-electron chi connectivity index (χ1n) is 6.60. The van der Waals surface area contributed by atoms with Gasteiger partial charge in [-0.2, -0.15) is 0 Å². The minimum atomic E-state index is -1.43. The first-order valence-corrected chi connectivity index (χ1v) is 9.13. The van der Waals surface area contributed by atoms with Gasteiger partial charge < -0.3 is 10.2 Å². The van der Waals surface area contributed by atoms with Crippen LogP contribution in [-0.2, 0) is 4.43 Å². The molecule has 1 aliphatic rings. The molecular formula is C12H27NOSi. The van der Waals surface area contributed by atoms with Crippen LogP contribution < -0.4 is 5.73 Å². The third kappa shape index (κ3) is 3.30. The second-order valence-corrected chi connectivity index (χ2v) is 9.57. The molecule has 0 unspecified atom stereocenters. The minimum absolute atomic E-state index is 0.301. The Morgan fingerprint density at radius 2 is 1.60 bits per heavy atom. The molecule has 2 nitrogen and oxygen atoms in total. The van der Waals surface area contributed by atoms with Crippen molar-refractivity contribution in [1.82, 2.24) is 0 Å². The molecule has 0 amide bonds. The quantitative estimate of drug-likeness (QED) is 0.734. The van der Waals surface area contributed by atoms with Crippen molar-refractivity contribution in [2.45, 2.75) is 76.7 Å². The predicted octanol–water partition coefficient (Wildman–Crippen LogP) is 3.28. The highest BCUT2D eigenvalue weighted by Crippen LogP contribution is 2.28. The molecule has 0 aromatic heterocycles. The van der Waals surface area contributed by atoms with Crippen LogP contribution in [0, 0.1) is 0 Å². The molecule has 3 heteroatoms. The molecule has 0 aromatic carbocycles. The second kappa shape index (κ2) is 6.02. The Labute approximate surface area is 95.7 Å². The van der Waals surface area contributed by atoms with Gasteiger partial charge in [-0.1, -0.05) is 33.6 Å². The van der Waals surface area contributed by atoms with E-state index in [2.05, 4.69) is 20.8 Å². The van der Waals surface area contributed by atoms with E-state index in [1.807, 2.05) is 0 Å². The molecule has 2 N–H and O–H groups in total. The van der Waals surface area contributed by atoms with Crippen molar-refractivity contribution in [3.05, 3.63) is 0 Å². The van der Waals surface area contributed by atoms with Crippen LogP contribution in [0.15, 0.2) is 0 Å². The van der Waals surface area contributed by atoms with Gasteiger partial charge in [-0.25, -0.2) is 0 Å². The maximum atomic E-state index is 6.45. The molecule has 15 heavy (non-hydrogen) atoms. The van der Waals surface area contributed by atoms with E-state index in [0.29, 0.717) is 12.1 Å². The van der Waals surface area contributed by atoms with Crippen molar-refractivity contribution >= 4 is 8.32 Å². The summed E-state index contributed by atoms with van der Waals surface area (Å²) in [5, 5.41) is 0. The molecule has 90 valence electrons. The van der Waals surface area contributed by atoms with Crippen LogP contribution in [0.3, 0.4) is 0 Å². The van der Waals surface area contributed by atoms with Crippen LogP contribution in [0.1, 0.15) is 46.5 Å². The van der Waals surface area contributed by atoms with E-state index in [-0.39, 0.29) is 0 Å². The van der Waals surface area contributed by atoms with Crippen molar-refractivity contribution in [1.29, 1.82) is 0 Å². The van der Waals surface area contributed by atoms with Crippen LogP contribution in [0.4, 0.5) is 0 Å². The van der Waals surface area contributed by atoms with Crippen LogP contribution >= 0.6 is 0 Å². The van der Waals surface area contributed by atoms with E-state index in [1.165, 1.54) is 37.4 Å². The normalized spacial score (nSPS) is 28.0. The Balaban J connectivity index is 2.56. The maximum absolute atomic E-state index is 6.45. The van der Waals surface area contributed by atoms with Gasteiger partial charge in [-0.3, -0.25) is 0 Å². The third-order valence-corrected chi connectivity index (χ3v) is 8.76. The average molecular weight is 229 g/mol. The molecule has 0 spiro atoms. The molecule has 1 fully saturated rings. The summed E-state index contributed by atoms with van der Waals surface area (Å²) < 4.78 is 6.45. The fourth-order valence-corrected chi connectivity index (χ4v) is 5.53. The van der Waals surface area contributed by atoms with Gasteiger partial charge in [0.25, 0.3) is 0 Å². The zero-order valence-electron chi connectivity index (χ0n) is 10.6. The largest absolute Gasteiger partial charge is 0.412 e. The van der Waals surface area contributed by atoms with Crippen molar-refractivity contribution in [2.24, 2.45) is 5.73 Å². The van der Waals surface area contributed by atoms with Crippen molar-refractivity contribution in [3.8, 4) is 0 Å². The number of hydrogen-bond acceptors (Lipinski definition) is 2. The SMILES string of the molecule is CC[Si](CC)(CC)O[C@H]1CCCC[C@@H]1N. The molecular weight excluding hydrogens is 202 g/mol. The van der Waals surface area contributed by atoms with Crippen LogP contribution in [0.25, 0.3) is 0 Å². The van der Waals surface area contributed by atoms with Gasteiger partial charge in [-0.15, -0.1) is 0 Å². The first-order chi connectivity index (χ1) is 7.17. The first kappa shape index (κ1) is 13.2. The van der Waals surface area contributed by atoms with Crippen molar-refractivity contribution in [3.63, 3.8) is 0 Å². The van der Waals surface area contributed by atoms with E-state index in [1.54, 1.807) is 0 Å². The fraction of sp³-hybridized carbons (Fsp3) is 1.00. The van der Waals surface area contributed by atoms with Gasteiger partial charge in [0.1, 0.15) is 0 Å². The molecule has 0 heterocycles. The maximum Gasteiger partial charge on any atom is 0.192 e. The van der Waals surface area contributed by atoms with E-state index < -0.39 is 8.32 Å². The number of hydrogen-bond donors (Lipinski definition) is 1. The fourth-order valence-electron chi connectivity index (χ4n) is 2.59. The van der Waals surface area contributed by atoms with Gasteiger partial charge in [0.2, 0.25) is 0 Å². The molecule has 0 saturated heterocycles. The summed E-state index contributed by atoms with van der Waals surface area (Å²) in [5.74, 6) is 0. The Morgan fingerprint density at radius 3 is 2.07 bits per heavy atom. The molecule has 1 saturated carbocycles. The Bertz CT molecular complexity index is 174. The van der Waals surface area contributed by atoms with Crippen LogP contribution in [0.2, 0.25) is 18.1 Å². The smallest absolute Gasteiger partial charge is 0.192 e. The summed E-state index contributed by atoms with van der Waals surface area (Å²) in [6.07, 6.45) is 5.31. The number of rotatable bonds is 5. The van der Waals surface area contributed by atoms with E-state index in [4.69, 9.17) is 10.2 Å². The highest BCUT2D eigenvalue weighted by atomic mass is 28.4. The molecule has 1 aliphatic carbocycles. The van der Waals surface area contributed by atoms with Gasteiger partial charge in [0.05, 0.1) is 6.10 Å². The lowest BCUT2D eigenvalue weighted by atomic mass is 9.93. The minimum Gasteiger partial charge on any atom is -0.412 e. The van der Waals surface area contributed by atoms with Gasteiger partial charge in [0.15, 0.2) is 8.32 Å². The van der Waals surface area contributed by atoms with Crippen molar-refractivity contribution < 1.29 is 4.43 Å². The highest BCUT2D eigenvalue weighted by molar-refractivity contribution is 6.73. The summed E-state index contributed by atoms with van der Waals surface area (Å²) in [6.45, 7) is 6.86. The Kier molecular flexibility index (Phi) is 5.30. The zero-order valence-corrected chi connectivity index (χ0v) is 11.6. The molecule has 2 atom stereocenters. The third-order valence-electron chi connectivity index (χ3n) is 4.09. The molecule has 0 aliphatic heterocycles. The lowest BCUT2D eigenvalue weighted by molar-refractivity contribution is 0.120. The van der Waals surface area contributed by atoms with E-state index in [0.717, 1.165) is 6.42 Å². The Morgan fingerprint density at radius 1 is 1.07 bits per heavy atom. The monoisotopic (exact) mass is 229 g/mol. The molecule has 0 radical (unpaired) electrons. The predicted molar refractivity (Wildman–Crippen MR) is 68.5 cm³/mol. The van der Waals surface area contributed by atoms with Gasteiger partial charge in [0, 0.05) is 6.04 Å². The summed E-state index contributed by atoms with van der Waals surface area (Å²) >= 11 is 0. The van der Waals surface area contributed by atoms with Crippen LogP contribution in [0.5, 0.6) is 0 Å².